The fourth-order valence-electron chi connectivity index (χ4n) is 2.29. The van der Waals surface area contributed by atoms with Gasteiger partial charge >= 0.3 is 0 Å². The van der Waals surface area contributed by atoms with Crippen LogP contribution in [0.15, 0.2) is 46.6 Å². The van der Waals surface area contributed by atoms with Crippen LogP contribution in [-0.4, -0.2) is 20.7 Å². The molecule has 7 heteroatoms. The third-order valence-electron chi connectivity index (χ3n) is 3.79. The van der Waals surface area contributed by atoms with Crippen molar-refractivity contribution in [1.29, 1.82) is 0 Å². The second kappa shape index (κ2) is 6.98. The van der Waals surface area contributed by atoms with Crippen LogP contribution in [0.25, 0.3) is 11.3 Å². The van der Waals surface area contributed by atoms with Crippen LogP contribution >= 0.6 is 11.3 Å². The number of rotatable bonds is 4. The van der Waals surface area contributed by atoms with E-state index in [0.29, 0.717) is 11.0 Å². The number of hydrogen-bond acceptors (Lipinski definition) is 5. The molecule has 2 heterocycles. The van der Waals surface area contributed by atoms with E-state index in [1.165, 1.54) is 36.1 Å². The zero-order valence-electron chi connectivity index (χ0n) is 14.2. The Labute approximate surface area is 149 Å². The first-order chi connectivity index (χ1) is 11.9. The topological polar surface area (TPSA) is 76.9 Å². The molecule has 0 bridgehead atoms. The first-order valence-electron chi connectivity index (χ1n) is 7.85. The lowest BCUT2D eigenvalue weighted by Gasteiger charge is -2.05. The number of benzene rings is 1. The van der Waals surface area contributed by atoms with Crippen LogP contribution in [0.2, 0.25) is 0 Å². The van der Waals surface area contributed by atoms with Crippen LogP contribution in [0.5, 0.6) is 0 Å². The van der Waals surface area contributed by atoms with Crippen molar-refractivity contribution in [3.05, 3.63) is 63.4 Å². The summed E-state index contributed by atoms with van der Waals surface area (Å²) in [6.07, 6.45) is 0. The molecular formula is C18H18N4O2S. The average molecular weight is 354 g/mol. The fraction of sp³-hybridized carbons (Fsp3) is 0.222. The average Bonchev–Trinajstić information content (AvgIpc) is 3.05. The van der Waals surface area contributed by atoms with Gasteiger partial charge in [-0.1, -0.05) is 38.1 Å². The molecule has 1 amide bonds. The number of carbonyl (C=O) groups is 1. The minimum atomic E-state index is -0.397. The van der Waals surface area contributed by atoms with Crippen molar-refractivity contribution in [2.45, 2.75) is 19.8 Å². The molecule has 0 fully saturated rings. The second-order valence-corrected chi connectivity index (χ2v) is 6.81. The summed E-state index contributed by atoms with van der Waals surface area (Å²) in [6, 6.07) is 11.0. The highest BCUT2D eigenvalue weighted by Crippen LogP contribution is 2.26. The van der Waals surface area contributed by atoms with Gasteiger partial charge in [0.25, 0.3) is 11.5 Å². The Morgan fingerprint density at radius 2 is 1.88 bits per heavy atom. The maximum absolute atomic E-state index is 12.2. The lowest BCUT2D eigenvalue weighted by molar-refractivity contribution is 0.102. The third kappa shape index (κ3) is 3.83. The maximum atomic E-state index is 12.2. The number of aromatic nitrogens is 3. The van der Waals surface area contributed by atoms with Gasteiger partial charge < -0.3 is 0 Å². The van der Waals surface area contributed by atoms with E-state index in [-0.39, 0.29) is 11.3 Å². The molecule has 0 aliphatic carbocycles. The summed E-state index contributed by atoms with van der Waals surface area (Å²) in [4.78, 5) is 28.0. The summed E-state index contributed by atoms with van der Waals surface area (Å²) in [5.74, 6) is 0.0836. The van der Waals surface area contributed by atoms with Crippen molar-refractivity contribution in [2.24, 2.45) is 7.05 Å². The standard InChI is InChI=1S/C18H18N4O2S/c1-11(2)12-4-6-13(7-5-12)15-10-25-18(19-15)20-17(24)14-8-9-16(23)22(3)21-14/h4-11H,1-3H3,(H,19,20,24). The summed E-state index contributed by atoms with van der Waals surface area (Å²) in [5, 5.41) is 9.03. The molecule has 6 nitrogen and oxygen atoms in total. The Balaban J connectivity index is 1.75. The van der Waals surface area contributed by atoms with E-state index in [1.807, 2.05) is 17.5 Å². The molecule has 2 aromatic heterocycles. The van der Waals surface area contributed by atoms with Gasteiger partial charge in [0.05, 0.1) is 5.69 Å². The van der Waals surface area contributed by atoms with Crippen molar-refractivity contribution in [2.75, 3.05) is 5.32 Å². The summed E-state index contributed by atoms with van der Waals surface area (Å²) < 4.78 is 1.12. The van der Waals surface area contributed by atoms with Gasteiger partial charge in [0, 0.05) is 24.1 Å². The van der Waals surface area contributed by atoms with Crippen LogP contribution < -0.4 is 10.9 Å². The molecule has 0 atom stereocenters. The van der Waals surface area contributed by atoms with Gasteiger partial charge in [-0.3, -0.25) is 14.9 Å². The molecule has 25 heavy (non-hydrogen) atoms. The Morgan fingerprint density at radius 3 is 2.52 bits per heavy atom. The summed E-state index contributed by atoms with van der Waals surface area (Å²) in [6.45, 7) is 4.30. The molecule has 0 saturated carbocycles. The number of amides is 1. The predicted molar refractivity (Wildman–Crippen MR) is 99.1 cm³/mol. The Hall–Kier alpha value is -2.80. The Kier molecular flexibility index (Phi) is 4.76. The van der Waals surface area contributed by atoms with E-state index >= 15 is 0 Å². The Bertz CT molecular complexity index is 958. The summed E-state index contributed by atoms with van der Waals surface area (Å²) in [5.41, 5.74) is 2.98. The summed E-state index contributed by atoms with van der Waals surface area (Å²) in [7, 11) is 1.50. The molecular weight excluding hydrogens is 336 g/mol. The van der Waals surface area contributed by atoms with Crippen molar-refractivity contribution in [3.63, 3.8) is 0 Å². The van der Waals surface area contributed by atoms with E-state index in [4.69, 9.17) is 0 Å². The van der Waals surface area contributed by atoms with E-state index in [1.54, 1.807) is 0 Å². The van der Waals surface area contributed by atoms with E-state index < -0.39 is 5.91 Å². The zero-order valence-corrected chi connectivity index (χ0v) is 15.0. The van der Waals surface area contributed by atoms with Gasteiger partial charge in [-0.15, -0.1) is 11.3 Å². The quantitative estimate of drug-likeness (QED) is 0.780. The van der Waals surface area contributed by atoms with Crippen molar-refractivity contribution in [3.8, 4) is 11.3 Å². The third-order valence-corrected chi connectivity index (χ3v) is 4.55. The lowest BCUT2D eigenvalue weighted by Crippen LogP contribution is -2.23. The highest BCUT2D eigenvalue weighted by atomic mass is 32.1. The van der Waals surface area contributed by atoms with Crippen LogP contribution in [0.4, 0.5) is 5.13 Å². The highest BCUT2D eigenvalue weighted by Gasteiger charge is 2.12. The van der Waals surface area contributed by atoms with Gasteiger partial charge in [0.2, 0.25) is 0 Å². The second-order valence-electron chi connectivity index (χ2n) is 5.95. The number of hydrogen-bond donors (Lipinski definition) is 1. The van der Waals surface area contributed by atoms with Crippen LogP contribution in [0, 0.1) is 0 Å². The van der Waals surface area contributed by atoms with Crippen molar-refractivity contribution >= 4 is 22.4 Å². The molecule has 128 valence electrons. The summed E-state index contributed by atoms with van der Waals surface area (Å²) >= 11 is 1.35. The van der Waals surface area contributed by atoms with E-state index in [2.05, 4.69) is 41.4 Å². The number of aryl methyl sites for hydroxylation is 1. The van der Waals surface area contributed by atoms with Gasteiger partial charge in [-0.05, 0) is 17.5 Å². The first-order valence-corrected chi connectivity index (χ1v) is 8.73. The molecule has 0 spiro atoms. The molecule has 0 aliphatic heterocycles. The molecule has 3 aromatic rings. The number of carbonyl (C=O) groups excluding carboxylic acids is 1. The van der Waals surface area contributed by atoms with Crippen LogP contribution in [0.3, 0.4) is 0 Å². The van der Waals surface area contributed by atoms with E-state index in [0.717, 1.165) is 15.9 Å². The minimum absolute atomic E-state index is 0.167. The molecule has 1 N–H and O–H groups in total. The SMILES string of the molecule is CC(C)c1ccc(-c2csc(NC(=O)c3ccc(=O)n(C)n3)n2)cc1. The molecule has 0 aliphatic rings. The van der Waals surface area contributed by atoms with Crippen molar-refractivity contribution < 1.29 is 4.79 Å². The van der Waals surface area contributed by atoms with Crippen LogP contribution in [0.1, 0.15) is 35.8 Å². The minimum Gasteiger partial charge on any atom is -0.296 e. The van der Waals surface area contributed by atoms with Gasteiger partial charge in [0.15, 0.2) is 5.13 Å². The number of nitrogens with one attached hydrogen (secondary N) is 1. The molecule has 1 aromatic carbocycles. The van der Waals surface area contributed by atoms with E-state index in [9.17, 15) is 9.59 Å². The highest BCUT2D eigenvalue weighted by molar-refractivity contribution is 7.14. The fourth-order valence-corrected chi connectivity index (χ4v) is 3.00. The normalized spacial score (nSPS) is 10.9. The zero-order chi connectivity index (χ0) is 18.0. The molecule has 3 rings (SSSR count). The smallest absolute Gasteiger partial charge is 0.277 e. The predicted octanol–water partition coefficient (Wildman–Crippen LogP) is 3.28. The van der Waals surface area contributed by atoms with Gasteiger partial charge in [-0.25, -0.2) is 9.67 Å². The van der Waals surface area contributed by atoms with Gasteiger partial charge in [-0.2, -0.15) is 5.10 Å². The molecule has 0 radical (unpaired) electrons. The molecule has 0 unspecified atom stereocenters. The maximum Gasteiger partial charge on any atom is 0.277 e. The number of thiazole rings is 1. The number of nitrogens with zero attached hydrogens (tertiary/aromatic N) is 3. The molecule has 0 saturated heterocycles. The monoisotopic (exact) mass is 354 g/mol. The lowest BCUT2D eigenvalue weighted by atomic mass is 10.0. The number of anilines is 1. The Morgan fingerprint density at radius 1 is 1.16 bits per heavy atom. The van der Waals surface area contributed by atoms with Gasteiger partial charge in [0.1, 0.15) is 5.69 Å². The van der Waals surface area contributed by atoms with Crippen molar-refractivity contribution in [1.82, 2.24) is 14.8 Å². The van der Waals surface area contributed by atoms with Crippen LogP contribution in [-0.2, 0) is 7.05 Å². The largest absolute Gasteiger partial charge is 0.296 e. The first kappa shape index (κ1) is 17.0.